The van der Waals surface area contributed by atoms with Crippen molar-refractivity contribution in [2.45, 2.75) is 32.4 Å². The van der Waals surface area contributed by atoms with Crippen LogP contribution in [0.5, 0.6) is 11.5 Å². The van der Waals surface area contributed by atoms with E-state index in [1.807, 2.05) is 0 Å². The van der Waals surface area contributed by atoms with Crippen molar-refractivity contribution in [1.29, 1.82) is 0 Å². The summed E-state index contributed by atoms with van der Waals surface area (Å²) in [4.78, 5) is 39.8. The number of aromatic hydroxyl groups is 1. The van der Waals surface area contributed by atoms with Crippen LogP contribution in [0.15, 0.2) is 48.5 Å². The predicted molar refractivity (Wildman–Crippen MR) is 121 cm³/mol. The number of carbonyl (C=O) groups excluding carboxylic acids is 3. The number of benzene rings is 2. The van der Waals surface area contributed by atoms with E-state index in [1.165, 1.54) is 19.2 Å². The monoisotopic (exact) mass is 458 g/mol. The van der Waals surface area contributed by atoms with E-state index in [1.54, 1.807) is 57.2 Å². The fourth-order valence-electron chi connectivity index (χ4n) is 3.18. The van der Waals surface area contributed by atoms with E-state index in [-0.39, 0.29) is 17.9 Å². The summed E-state index contributed by atoms with van der Waals surface area (Å²) in [5.41, 5.74) is -0.357. The van der Waals surface area contributed by atoms with Gasteiger partial charge in [0.05, 0.1) is 19.3 Å². The summed E-state index contributed by atoms with van der Waals surface area (Å²) in [6.45, 7) is 4.08. The number of esters is 1. The first-order valence-corrected chi connectivity index (χ1v) is 10.4. The SMILES string of the molecule is COc1cccc(C(C(=O)NCC(=O)OC(C)(C)C)N(CCO)C(=O)c2ccccc2O)c1. The van der Waals surface area contributed by atoms with Crippen molar-refractivity contribution in [3.63, 3.8) is 0 Å². The molecule has 0 saturated heterocycles. The number of rotatable bonds is 9. The fourth-order valence-corrected chi connectivity index (χ4v) is 3.18. The Morgan fingerprint density at radius 1 is 1.09 bits per heavy atom. The number of nitrogens with zero attached hydrogens (tertiary/aromatic N) is 1. The van der Waals surface area contributed by atoms with Crippen LogP contribution in [0.3, 0.4) is 0 Å². The highest BCUT2D eigenvalue weighted by molar-refractivity contribution is 6.00. The molecule has 33 heavy (non-hydrogen) atoms. The summed E-state index contributed by atoms with van der Waals surface area (Å²) < 4.78 is 10.5. The molecule has 0 heterocycles. The molecular weight excluding hydrogens is 428 g/mol. The van der Waals surface area contributed by atoms with Crippen molar-refractivity contribution >= 4 is 17.8 Å². The Morgan fingerprint density at radius 2 is 1.79 bits per heavy atom. The van der Waals surface area contributed by atoms with Crippen molar-refractivity contribution < 1.29 is 34.1 Å². The van der Waals surface area contributed by atoms with Crippen LogP contribution in [-0.4, -0.2) is 65.3 Å². The minimum Gasteiger partial charge on any atom is -0.507 e. The van der Waals surface area contributed by atoms with E-state index in [0.717, 1.165) is 4.90 Å². The van der Waals surface area contributed by atoms with Gasteiger partial charge in [-0.2, -0.15) is 0 Å². The maximum atomic E-state index is 13.3. The van der Waals surface area contributed by atoms with Crippen molar-refractivity contribution in [3.8, 4) is 11.5 Å². The van der Waals surface area contributed by atoms with Gasteiger partial charge >= 0.3 is 5.97 Å². The summed E-state index contributed by atoms with van der Waals surface area (Å²) >= 11 is 0. The average Bonchev–Trinajstić information content (AvgIpc) is 2.76. The Bertz CT molecular complexity index is 985. The molecule has 0 bridgehead atoms. The van der Waals surface area contributed by atoms with Crippen LogP contribution >= 0.6 is 0 Å². The standard InChI is InChI=1S/C24H30N2O7/c1-24(2,3)33-20(29)15-25-22(30)21(16-8-7-9-17(14-16)32-4)26(12-13-27)23(31)18-10-5-6-11-19(18)28/h5-11,14,21,27-28H,12-13,15H2,1-4H3,(H,25,30). The number of hydrogen-bond acceptors (Lipinski definition) is 7. The van der Waals surface area contributed by atoms with Crippen molar-refractivity contribution in [2.24, 2.45) is 0 Å². The molecule has 178 valence electrons. The van der Waals surface area contributed by atoms with Gasteiger partial charge in [-0.1, -0.05) is 24.3 Å². The zero-order valence-corrected chi connectivity index (χ0v) is 19.2. The van der Waals surface area contributed by atoms with Crippen molar-refractivity contribution in [1.82, 2.24) is 10.2 Å². The minimum atomic E-state index is -1.22. The zero-order valence-electron chi connectivity index (χ0n) is 19.2. The molecule has 1 atom stereocenters. The number of methoxy groups -OCH3 is 1. The van der Waals surface area contributed by atoms with Crippen LogP contribution in [0.4, 0.5) is 0 Å². The highest BCUT2D eigenvalue weighted by Crippen LogP contribution is 2.28. The van der Waals surface area contributed by atoms with Gasteiger partial charge in [-0.25, -0.2) is 0 Å². The maximum absolute atomic E-state index is 13.3. The molecule has 0 aliphatic carbocycles. The highest BCUT2D eigenvalue weighted by atomic mass is 16.6. The molecule has 0 aromatic heterocycles. The number of amides is 2. The summed E-state index contributed by atoms with van der Waals surface area (Å²) in [6, 6.07) is 11.2. The molecule has 2 rings (SSSR count). The lowest BCUT2D eigenvalue weighted by atomic mass is 10.0. The number of hydrogen-bond donors (Lipinski definition) is 3. The van der Waals surface area contributed by atoms with Crippen molar-refractivity contribution in [3.05, 3.63) is 59.7 Å². The molecule has 0 radical (unpaired) electrons. The number of phenolic OH excluding ortho intramolecular Hbond substituents is 1. The zero-order chi connectivity index (χ0) is 24.6. The van der Waals surface area contributed by atoms with Crippen LogP contribution < -0.4 is 10.1 Å². The predicted octanol–water partition coefficient (Wildman–Crippen LogP) is 2.03. The van der Waals surface area contributed by atoms with Gasteiger partial charge in [0.2, 0.25) is 5.91 Å². The minimum absolute atomic E-state index is 0.0289. The van der Waals surface area contributed by atoms with Gasteiger partial charge in [0, 0.05) is 6.54 Å². The fraction of sp³-hybridized carbons (Fsp3) is 0.375. The molecule has 0 fully saturated rings. The summed E-state index contributed by atoms with van der Waals surface area (Å²) in [5, 5.41) is 22.3. The molecule has 9 heteroatoms. The lowest BCUT2D eigenvalue weighted by molar-refractivity contribution is -0.154. The number of para-hydroxylation sites is 1. The molecule has 0 spiro atoms. The van der Waals surface area contributed by atoms with Crippen molar-refractivity contribution in [2.75, 3.05) is 26.8 Å². The van der Waals surface area contributed by atoms with Gasteiger partial charge in [-0.05, 0) is 50.6 Å². The quantitative estimate of drug-likeness (QED) is 0.491. The van der Waals surface area contributed by atoms with Crippen LogP contribution in [0.25, 0.3) is 0 Å². The van der Waals surface area contributed by atoms with Crippen LogP contribution in [0.1, 0.15) is 42.7 Å². The number of phenols is 1. The first kappa shape index (κ1) is 25.7. The second kappa shape index (κ2) is 11.3. The Kier molecular flexibility index (Phi) is 8.81. The smallest absolute Gasteiger partial charge is 0.325 e. The molecule has 2 aromatic carbocycles. The number of nitrogens with one attached hydrogen (secondary N) is 1. The molecule has 1 unspecified atom stereocenters. The van der Waals surface area contributed by atoms with Crippen LogP contribution in [0.2, 0.25) is 0 Å². The Morgan fingerprint density at radius 3 is 2.39 bits per heavy atom. The first-order chi connectivity index (χ1) is 15.6. The Balaban J connectivity index is 2.43. The second-order valence-corrected chi connectivity index (χ2v) is 8.22. The number of aliphatic hydroxyl groups excluding tert-OH is 1. The molecule has 2 aromatic rings. The maximum Gasteiger partial charge on any atom is 0.325 e. The molecule has 3 N–H and O–H groups in total. The van der Waals surface area contributed by atoms with Crippen LogP contribution in [0, 0.1) is 0 Å². The summed E-state index contributed by atoms with van der Waals surface area (Å²) in [7, 11) is 1.47. The average molecular weight is 459 g/mol. The summed E-state index contributed by atoms with van der Waals surface area (Å²) in [6.07, 6.45) is 0. The lowest BCUT2D eigenvalue weighted by Gasteiger charge is -2.31. The number of aliphatic hydroxyl groups is 1. The van der Waals surface area contributed by atoms with E-state index in [4.69, 9.17) is 9.47 Å². The molecule has 9 nitrogen and oxygen atoms in total. The third kappa shape index (κ3) is 7.21. The normalized spacial score (nSPS) is 11.9. The van der Waals surface area contributed by atoms with Gasteiger partial charge in [0.25, 0.3) is 5.91 Å². The third-order valence-electron chi connectivity index (χ3n) is 4.53. The number of ether oxygens (including phenoxy) is 2. The van der Waals surface area contributed by atoms with Gasteiger partial charge in [0.15, 0.2) is 0 Å². The highest BCUT2D eigenvalue weighted by Gasteiger charge is 2.33. The lowest BCUT2D eigenvalue weighted by Crippen LogP contribution is -2.46. The van der Waals surface area contributed by atoms with Gasteiger partial charge < -0.3 is 29.9 Å². The largest absolute Gasteiger partial charge is 0.507 e. The molecule has 0 aliphatic rings. The topological polar surface area (TPSA) is 125 Å². The second-order valence-electron chi connectivity index (χ2n) is 8.22. The molecule has 0 aliphatic heterocycles. The molecular formula is C24H30N2O7. The Labute approximate surface area is 192 Å². The molecule has 0 saturated carbocycles. The summed E-state index contributed by atoms with van der Waals surface area (Å²) in [5.74, 6) is -1.77. The van der Waals surface area contributed by atoms with E-state index in [9.17, 15) is 24.6 Å². The van der Waals surface area contributed by atoms with Crippen LogP contribution in [-0.2, 0) is 14.3 Å². The first-order valence-electron chi connectivity index (χ1n) is 10.4. The number of carbonyl (C=O) groups is 3. The van der Waals surface area contributed by atoms with Gasteiger partial charge in [-0.15, -0.1) is 0 Å². The van der Waals surface area contributed by atoms with Gasteiger partial charge in [-0.3, -0.25) is 14.4 Å². The molecule has 2 amide bonds. The Hall–Kier alpha value is -3.59. The van der Waals surface area contributed by atoms with E-state index in [0.29, 0.717) is 11.3 Å². The van der Waals surface area contributed by atoms with E-state index in [2.05, 4.69) is 5.32 Å². The van der Waals surface area contributed by atoms with Gasteiger partial charge in [0.1, 0.15) is 29.7 Å². The third-order valence-corrected chi connectivity index (χ3v) is 4.53. The van der Waals surface area contributed by atoms with E-state index < -0.39 is 42.6 Å². The van der Waals surface area contributed by atoms with E-state index >= 15 is 0 Å².